The lowest BCUT2D eigenvalue weighted by Gasteiger charge is -2.32. The van der Waals surface area contributed by atoms with Crippen molar-refractivity contribution in [3.8, 4) is 5.75 Å². The molecule has 1 aliphatic heterocycles. The van der Waals surface area contributed by atoms with Crippen LogP contribution in [0.25, 0.3) is 0 Å². The molecule has 1 saturated heterocycles. The summed E-state index contributed by atoms with van der Waals surface area (Å²) in [5.74, 6) is -4.27. The molecule has 1 aromatic carbocycles. The third kappa shape index (κ3) is 22.3. The summed E-state index contributed by atoms with van der Waals surface area (Å²) >= 11 is 0. The topological polar surface area (TPSA) is 274 Å². The summed E-state index contributed by atoms with van der Waals surface area (Å²) in [6, 6.07) is 5.02. The van der Waals surface area contributed by atoms with Crippen molar-refractivity contribution in [3.63, 3.8) is 0 Å². The van der Waals surface area contributed by atoms with Gasteiger partial charge in [-0.25, -0.2) is 4.79 Å². The lowest BCUT2D eigenvalue weighted by molar-refractivity contribution is -0.140. The Morgan fingerprint density at radius 3 is 1.63 bits per heavy atom. The van der Waals surface area contributed by atoms with Crippen molar-refractivity contribution in [1.29, 1.82) is 0 Å². The van der Waals surface area contributed by atoms with Crippen LogP contribution >= 0.6 is 0 Å². The van der Waals surface area contributed by atoms with E-state index in [4.69, 9.17) is 14.2 Å². The number of carbonyl (C=O) groups excluding carboxylic acids is 5. The molecule has 0 unspecified atom stereocenters. The molecular weight excluding hydrogens is 778 g/mol. The van der Waals surface area contributed by atoms with Gasteiger partial charge in [0.25, 0.3) is 5.91 Å². The summed E-state index contributed by atoms with van der Waals surface area (Å²) in [5.41, 5.74) is 0.863. The molecule has 59 heavy (non-hydrogen) atoms. The van der Waals surface area contributed by atoms with Gasteiger partial charge in [-0.1, -0.05) is 6.58 Å². The molecule has 1 heterocycles. The first kappa shape index (κ1) is 49.7. The zero-order valence-electron chi connectivity index (χ0n) is 33.7. The van der Waals surface area contributed by atoms with E-state index >= 15 is 0 Å². The van der Waals surface area contributed by atoms with Crippen molar-refractivity contribution in [2.75, 3.05) is 111 Å². The molecule has 328 valence electrons. The fourth-order valence-corrected chi connectivity index (χ4v) is 5.85. The monoisotopic (exact) mass is 835 g/mol. The second-order valence-electron chi connectivity index (χ2n) is 13.7. The molecule has 21 nitrogen and oxygen atoms in total. The summed E-state index contributed by atoms with van der Waals surface area (Å²) < 4.78 is 15.6. The highest BCUT2D eigenvalue weighted by Gasteiger charge is 2.22. The van der Waals surface area contributed by atoms with Gasteiger partial charge in [0.15, 0.2) is 5.78 Å². The van der Waals surface area contributed by atoms with E-state index in [1.165, 1.54) is 38.1 Å². The number of hydrogen-bond donors (Lipinski definition) is 6. The molecule has 1 atom stereocenters. The average Bonchev–Trinajstić information content (AvgIpc) is 3.15. The zero-order chi connectivity index (χ0) is 43.7. The fourth-order valence-electron chi connectivity index (χ4n) is 5.85. The average molecular weight is 836 g/mol. The SMILES string of the molecule is C=C(CCCNC(=O)c1ccc(OC(=O)OCCOCCNC(=O)CN2CCN(CC(=O)O)CCN(CC(=O)O)CCN(CC(=O)O)CC2)cc1)[C@H](NC(C)=O)C(C)=O. The molecule has 1 fully saturated rings. The number of ether oxygens (including phenoxy) is 3. The highest BCUT2D eigenvalue weighted by atomic mass is 16.7. The molecule has 6 N–H and O–H groups in total. The normalized spacial score (nSPS) is 15.4. The Kier molecular flexibility index (Phi) is 22.9. The summed E-state index contributed by atoms with van der Waals surface area (Å²) in [6.07, 6.45) is -0.0790. The summed E-state index contributed by atoms with van der Waals surface area (Å²) in [4.78, 5) is 102. The minimum Gasteiger partial charge on any atom is -0.480 e. The number of ketones is 1. The fraction of sp³-hybridized carbons (Fsp3) is 0.579. The molecule has 0 saturated carbocycles. The molecule has 0 aliphatic carbocycles. The minimum absolute atomic E-state index is 0.00885. The van der Waals surface area contributed by atoms with Crippen LogP contribution in [0.3, 0.4) is 0 Å². The number of Topliss-reactive ketones (excluding diaryl/α,β-unsaturated/α-hetero) is 1. The van der Waals surface area contributed by atoms with Crippen molar-refractivity contribution >= 4 is 47.6 Å². The van der Waals surface area contributed by atoms with Crippen LogP contribution in [-0.2, 0) is 38.2 Å². The number of carboxylic acids is 3. The Bertz CT molecular complexity index is 1560. The third-order valence-corrected chi connectivity index (χ3v) is 8.83. The maximum Gasteiger partial charge on any atom is 0.513 e. The van der Waals surface area contributed by atoms with Crippen LogP contribution in [0.1, 0.15) is 37.0 Å². The Hall–Kier alpha value is -5.48. The molecule has 3 amide bonds. The molecule has 0 bridgehead atoms. The van der Waals surface area contributed by atoms with Crippen LogP contribution in [0.5, 0.6) is 5.75 Å². The molecule has 2 rings (SSSR count). The number of carbonyl (C=O) groups is 8. The molecule has 1 aliphatic rings. The van der Waals surface area contributed by atoms with Gasteiger partial charge < -0.3 is 45.5 Å². The Labute approximate surface area is 342 Å². The van der Waals surface area contributed by atoms with Gasteiger partial charge in [0.05, 0.1) is 39.4 Å². The third-order valence-electron chi connectivity index (χ3n) is 8.83. The van der Waals surface area contributed by atoms with Gasteiger partial charge >= 0.3 is 24.1 Å². The van der Waals surface area contributed by atoms with E-state index in [9.17, 15) is 53.7 Å². The van der Waals surface area contributed by atoms with Gasteiger partial charge in [0.2, 0.25) is 11.8 Å². The first-order chi connectivity index (χ1) is 28.0. The molecule has 1 aromatic rings. The number of nitrogens with one attached hydrogen (secondary N) is 3. The van der Waals surface area contributed by atoms with Crippen LogP contribution < -0.4 is 20.7 Å². The highest BCUT2D eigenvalue weighted by Crippen LogP contribution is 2.14. The summed E-state index contributed by atoms with van der Waals surface area (Å²) in [6.45, 7) is 8.32. The second kappa shape index (κ2) is 27.3. The van der Waals surface area contributed by atoms with Crippen molar-refractivity contribution in [2.45, 2.75) is 32.7 Å². The largest absolute Gasteiger partial charge is 0.513 e. The van der Waals surface area contributed by atoms with E-state index in [1.807, 2.05) is 0 Å². The molecular formula is C38H57N7O14. The predicted octanol–water partition coefficient (Wildman–Crippen LogP) is -1.03. The number of rotatable bonds is 23. The maximum atomic E-state index is 12.8. The number of aliphatic carboxylic acids is 3. The van der Waals surface area contributed by atoms with Gasteiger partial charge in [0, 0.05) is 77.9 Å². The molecule has 0 aromatic heterocycles. The Balaban J connectivity index is 1.71. The summed E-state index contributed by atoms with van der Waals surface area (Å²) in [7, 11) is 0. The quantitative estimate of drug-likeness (QED) is 0.0333. The van der Waals surface area contributed by atoms with Crippen molar-refractivity contribution in [2.24, 2.45) is 0 Å². The Morgan fingerprint density at radius 1 is 0.678 bits per heavy atom. The summed E-state index contributed by atoms with van der Waals surface area (Å²) in [5, 5.41) is 36.1. The molecule has 0 radical (unpaired) electrons. The van der Waals surface area contributed by atoms with Crippen LogP contribution in [0.15, 0.2) is 36.4 Å². The smallest absolute Gasteiger partial charge is 0.480 e. The van der Waals surface area contributed by atoms with Crippen molar-refractivity contribution in [1.82, 2.24) is 35.6 Å². The van der Waals surface area contributed by atoms with Gasteiger partial charge in [-0.15, -0.1) is 0 Å². The van der Waals surface area contributed by atoms with Gasteiger partial charge in [0.1, 0.15) is 18.4 Å². The number of benzene rings is 1. The molecule has 0 spiro atoms. The van der Waals surface area contributed by atoms with Crippen LogP contribution in [0.4, 0.5) is 4.79 Å². The van der Waals surface area contributed by atoms with Crippen LogP contribution in [0, 0.1) is 0 Å². The second-order valence-corrected chi connectivity index (χ2v) is 13.7. The van der Waals surface area contributed by atoms with E-state index in [1.54, 1.807) is 19.6 Å². The molecule has 21 heteroatoms. The lowest BCUT2D eigenvalue weighted by Crippen LogP contribution is -2.50. The van der Waals surface area contributed by atoms with Crippen molar-refractivity contribution < 1.29 is 67.9 Å². The van der Waals surface area contributed by atoms with Gasteiger partial charge in [-0.05, 0) is 49.6 Å². The van der Waals surface area contributed by atoms with Gasteiger partial charge in [-0.2, -0.15) is 0 Å². The zero-order valence-corrected chi connectivity index (χ0v) is 33.7. The standard InChI is InChI=1S/C38H57N7O14/c1-27(36(28(2)46)41-29(3)47)5-4-10-40-37(55)30-6-8-31(9-7-30)59-38(56)58-22-21-57-20-11-39-32(48)23-42-12-14-43(24-33(49)50)16-18-45(26-35(53)54)19-17-44(15-13-42)25-34(51)52/h6-9,36H,1,4-5,10-26H2,2-3H3,(H,39,48)(H,40,55)(H,41,47)(H,49,50)(H,51,52)(H,53,54)/t36-/m0/s1. The van der Waals surface area contributed by atoms with E-state index in [-0.39, 0.29) is 121 Å². The number of carboxylic acid groups (broad SMARTS) is 3. The number of hydrogen-bond acceptors (Lipinski definition) is 15. The van der Waals surface area contributed by atoms with Crippen LogP contribution in [-0.4, -0.2) is 200 Å². The lowest BCUT2D eigenvalue weighted by atomic mass is 10.0. The number of nitrogens with zero attached hydrogens (tertiary/aromatic N) is 4. The first-order valence-electron chi connectivity index (χ1n) is 19.1. The van der Waals surface area contributed by atoms with E-state index < -0.39 is 30.1 Å². The maximum absolute atomic E-state index is 12.8. The predicted molar refractivity (Wildman–Crippen MR) is 210 cm³/mol. The van der Waals surface area contributed by atoms with E-state index in [2.05, 4.69) is 22.5 Å². The highest BCUT2D eigenvalue weighted by molar-refractivity contribution is 5.94. The van der Waals surface area contributed by atoms with Gasteiger partial charge in [-0.3, -0.25) is 53.2 Å². The number of amides is 3. The van der Waals surface area contributed by atoms with Crippen LogP contribution in [0.2, 0.25) is 0 Å². The Morgan fingerprint density at radius 2 is 1.17 bits per heavy atom. The van der Waals surface area contributed by atoms with Crippen molar-refractivity contribution in [3.05, 3.63) is 42.0 Å². The van der Waals surface area contributed by atoms with E-state index in [0.29, 0.717) is 43.6 Å². The minimum atomic E-state index is -1.05. The first-order valence-corrected chi connectivity index (χ1v) is 19.1. The van der Waals surface area contributed by atoms with E-state index in [0.717, 1.165) is 0 Å².